The average molecular weight is 288 g/mol. The Hall–Kier alpha value is -1.54. The molecule has 0 radical (unpaired) electrons. The van der Waals surface area contributed by atoms with E-state index in [0.29, 0.717) is 10.1 Å². The van der Waals surface area contributed by atoms with Crippen LogP contribution in [0.2, 0.25) is 0 Å². The first-order valence-corrected chi connectivity index (χ1v) is 6.26. The summed E-state index contributed by atoms with van der Waals surface area (Å²) in [5, 5.41) is 6.67. The topological polar surface area (TPSA) is 67.6 Å². The van der Waals surface area contributed by atoms with Crippen molar-refractivity contribution in [1.29, 1.82) is 0 Å². The van der Waals surface area contributed by atoms with Crippen molar-refractivity contribution in [3.05, 3.63) is 35.7 Å². The first-order valence-electron chi connectivity index (χ1n) is 5.44. The van der Waals surface area contributed by atoms with Crippen LogP contribution in [0, 0.1) is 0 Å². The Labute approximate surface area is 111 Å². The van der Waals surface area contributed by atoms with Gasteiger partial charge in [0, 0.05) is 4.90 Å². The van der Waals surface area contributed by atoms with Crippen LogP contribution in [0.15, 0.2) is 34.6 Å². The van der Waals surface area contributed by atoms with Crippen molar-refractivity contribution in [3.8, 4) is 0 Å². The molecule has 0 aliphatic heterocycles. The van der Waals surface area contributed by atoms with E-state index in [4.69, 9.17) is 5.73 Å². The number of nitrogens with one attached hydrogen (secondary N) is 1. The fourth-order valence-electron chi connectivity index (χ4n) is 1.61. The van der Waals surface area contributed by atoms with Gasteiger partial charge in [-0.1, -0.05) is 17.8 Å². The maximum Gasteiger partial charge on any atom is 0.416 e. The lowest BCUT2D eigenvalue weighted by molar-refractivity contribution is -0.138. The second kappa shape index (κ2) is 5.62. The van der Waals surface area contributed by atoms with E-state index in [1.165, 1.54) is 12.4 Å². The van der Waals surface area contributed by atoms with Crippen molar-refractivity contribution < 1.29 is 13.2 Å². The fourth-order valence-corrected chi connectivity index (χ4v) is 2.35. The Morgan fingerprint density at radius 1 is 1.32 bits per heavy atom. The molecule has 1 aromatic heterocycles. The largest absolute Gasteiger partial charge is 0.416 e. The third kappa shape index (κ3) is 3.48. The molecule has 1 heterocycles. The van der Waals surface area contributed by atoms with Crippen LogP contribution in [0.25, 0.3) is 0 Å². The highest BCUT2D eigenvalue weighted by molar-refractivity contribution is 7.99. The first-order chi connectivity index (χ1) is 9.00. The van der Waals surface area contributed by atoms with E-state index in [2.05, 4.69) is 15.2 Å². The summed E-state index contributed by atoms with van der Waals surface area (Å²) in [4.78, 5) is 4.31. The number of alkyl halides is 3. The molecule has 0 saturated carbocycles. The number of aromatic nitrogens is 3. The predicted molar refractivity (Wildman–Crippen MR) is 64.7 cm³/mol. The molecule has 0 fully saturated rings. The zero-order chi connectivity index (χ0) is 13.9. The van der Waals surface area contributed by atoms with Crippen molar-refractivity contribution in [2.45, 2.75) is 22.6 Å². The number of hydrogen-bond donors (Lipinski definition) is 2. The molecule has 0 aliphatic carbocycles. The fraction of sp³-hybridized carbons (Fsp3) is 0.273. The normalized spacial score (nSPS) is 11.8. The van der Waals surface area contributed by atoms with Gasteiger partial charge < -0.3 is 5.73 Å². The van der Waals surface area contributed by atoms with Gasteiger partial charge in [0.05, 0.1) is 5.56 Å². The Bertz CT molecular complexity index is 539. The molecule has 2 rings (SSSR count). The highest BCUT2D eigenvalue weighted by Crippen LogP contribution is 2.36. The van der Waals surface area contributed by atoms with E-state index >= 15 is 0 Å². The standard InChI is InChI=1S/C11H11F3N4S/c12-11(13,14)9-5-8(2-1-7(9)3-4-15)19-10-16-6-17-18-10/h1-2,5-6H,3-4,15H2,(H,16,17,18). The van der Waals surface area contributed by atoms with E-state index in [1.54, 1.807) is 6.07 Å². The van der Waals surface area contributed by atoms with Crippen LogP contribution in [0.1, 0.15) is 11.1 Å². The summed E-state index contributed by atoms with van der Waals surface area (Å²) < 4.78 is 38.8. The number of benzene rings is 1. The van der Waals surface area contributed by atoms with Crippen LogP contribution in [-0.2, 0) is 12.6 Å². The van der Waals surface area contributed by atoms with E-state index in [-0.39, 0.29) is 18.5 Å². The molecule has 0 atom stereocenters. The Kier molecular flexibility index (Phi) is 4.11. The summed E-state index contributed by atoms with van der Waals surface area (Å²) in [6, 6.07) is 4.18. The second-order valence-corrected chi connectivity index (χ2v) is 4.81. The maximum absolute atomic E-state index is 12.9. The van der Waals surface area contributed by atoms with E-state index in [1.807, 2.05) is 0 Å². The van der Waals surface area contributed by atoms with Gasteiger partial charge in [-0.3, -0.25) is 5.10 Å². The molecular weight excluding hydrogens is 277 g/mol. The summed E-state index contributed by atoms with van der Waals surface area (Å²) >= 11 is 1.09. The Morgan fingerprint density at radius 3 is 2.68 bits per heavy atom. The SMILES string of the molecule is NCCc1ccc(Sc2ncn[nH]2)cc1C(F)(F)F. The molecular formula is C11H11F3N4S. The van der Waals surface area contributed by atoms with Crippen LogP contribution >= 0.6 is 11.8 Å². The number of hydrogen-bond acceptors (Lipinski definition) is 4. The van der Waals surface area contributed by atoms with Gasteiger partial charge in [0.25, 0.3) is 0 Å². The molecule has 0 amide bonds. The summed E-state index contributed by atoms with van der Waals surface area (Å²) in [5.41, 5.74) is 4.88. The zero-order valence-electron chi connectivity index (χ0n) is 9.74. The quantitative estimate of drug-likeness (QED) is 0.907. The second-order valence-electron chi connectivity index (χ2n) is 3.75. The van der Waals surface area contributed by atoms with Crippen LogP contribution in [0.5, 0.6) is 0 Å². The van der Waals surface area contributed by atoms with Crippen molar-refractivity contribution >= 4 is 11.8 Å². The number of H-pyrrole nitrogens is 1. The Balaban J connectivity index is 2.32. The molecule has 0 aliphatic rings. The zero-order valence-corrected chi connectivity index (χ0v) is 10.6. The van der Waals surface area contributed by atoms with Gasteiger partial charge in [-0.2, -0.15) is 18.3 Å². The lowest BCUT2D eigenvalue weighted by Gasteiger charge is -2.13. The van der Waals surface area contributed by atoms with E-state index in [9.17, 15) is 13.2 Å². The van der Waals surface area contributed by atoms with Crippen LogP contribution in [0.3, 0.4) is 0 Å². The highest BCUT2D eigenvalue weighted by Gasteiger charge is 2.33. The smallest absolute Gasteiger partial charge is 0.330 e. The van der Waals surface area contributed by atoms with Crippen LogP contribution < -0.4 is 5.73 Å². The van der Waals surface area contributed by atoms with Crippen LogP contribution in [-0.4, -0.2) is 21.7 Å². The predicted octanol–water partition coefficient (Wildman–Crippen LogP) is 2.48. The lowest BCUT2D eigenvalue weighted by atomic mass is 10.0. The van der Waals surface area contributed by atoms with E-state index < -0.39 is 11.7 Å². The van der Waals surface area contributed by atoms with Gasteiger partial charge in [0.1, 0.15) is 6.33 Å². The molecule has 0 bridgehead atoms. The molecule has 0 unspecified atom stereocenters. The van der Waals surface area contributed by atoms with Gasteiger partial charge in [0.15, 0.2) is 5.16 Å². The number of aromatic amines is 1. The summed E-state index contributed by atoms with van der Waals surface area (Å²) in [6.07, 6.45) is -2.89. The molecule has 0 saturated heterocycles. The average Bonchev–Trinajstić information content (AvgIpc) is 2.83. The highest BCUT2D eigenvalue weighted by atomic mass is 32.2. The van der Waals surface area contributed by atoms with Gasteiger partial charge in [0.2, 0.25) is 0 Å². The third-order valence-electron chi connectivity index (χ3n) is 2.41. The molecule has 4 nitrogen and oxygen atoms in total. The summed E-state index contributed by atoms with van der Waals surface area (Å²) in [6.45, 7) is 0.178. The van der Waals surface area contributed by atoms with Crippen molar-refractivity contribution in [2.75, 3.05) is 6.54 Å². The van der Waals surface area contributed by atoms with Gasteiger partial charge in [-0.25, -0.2) is 4.98 Å². The van der Waals surface area contributed by atoms with E-state index in [0.717, 1.165) is 17.8 Å². The van der Waals surface area contributed by atoms with Gasteiger partial charge in [-0.15, -0.1) is 0 Å². The van der Waals surface area contributed by atoms with Crippen molar-refractivity contribution in [1.82, 2.24) is 15.2 Å². The molecule has 2 aromatic rings. The molecule has 102 valence electrons. The third-order valence-corrected chi connectivity index (χ3v) is 3.29. The molecule has 0 spiro atoms. The van der Waals surface area contributed by atoms with Gasteiger partial charge in [-0.05, 0) is 30.7 Å². The number of nitrogens with zero attached hydrogens (tertiary/aromatic N) is 2. The number of nitrogens with two attached hydrogens (primary N) is 1. The summed E-state index contributed by atoms with van der Waals surface area (Å²) in [7, 11) is 0. The van der Waals surface area contributed by atoms with Crippen LogP contribution in [0.4, 0.5) is 13.2 Å². The van der Waals surface area contributed by atoms with Crippen molar-refractivity contribution in [3.63, 3.8) is 0 Å². The molecule has 1 aromatic carbocycles. The Morgan fingerprint density at radius 2 is 2.11 bits per heavy atom. The monoisotopic (exact) mass is 288 g/mol. The number of rotatable bonds is 4. The first kappa shape index (κ1) is 13.9. The molecule has 3 N–H and O–H groups in total. The minimum atomic E-state index is -4.39. The maximum atomic E-state index is 12.9. The minimum absolute atomic E-state index is 0.178. The minimum Gasteiger partial charge on any atom is -0.330 e. The molecule has 19 heavy (non-hydrogen) atoms. The number of halogens is 3. The van der Waals surface area contributed by atoms with Crippen molar-refractivity contribution in [2.24, 2.45) is 5.73 Å². The van der Waals surface area contributed by atoms with Gasteiger partial charge >= 0.3 is 6.18 Å². The summed E-state index contributed by atoms with van der Waals surface area (Å²) in [5.74, 6) is 0. The molecule has 8 heteroatoms. The lowest BCUT2D eigenvalue weighted by Crippen LogP contribution is -2.12.